The number of carbonyl (C=O) groups excluding carboxylic acids is 1. The summed E-state index contributed by atoms with van der Waals surface area (Å²) in [6, 6.07) is 12.0. The number of piperidine rings is 1. The molecule has 1 aliphatic heterocycles. The third-order valence-corrected chi connectivity index (χ3v) is 5.70. The third kappa shape index (κ3) is 3.40. The molecule has 4 rings (SSSR count). The normalized spacial score (nSPS) is 18.4. The van der Waals surface area contributed by atoms with Gasteiger partial charge in [0.2, 0.25) is 0 Å². The largest absolute Gasteiger partial charge is 0.338 e. The molecule has 2 atom stereocenters. The second-order valence-corrected chi connectivity index (χ2v) is 7.63. The molecule has 2 aromatic heterocycles. The Bertz CT molecular complexity index is 979. The number of amides is 1. The van der Waals surface area contributed by atoms with Crippen LogP contribution in [0.2, 0.25) is 0 Å². The van der Waals surface area contributed by atoms with E-state index in [1.807, 2.05) is 59.8 Å². The summed E-state index contributed by atoms with van der Waals surface area (Å²) in [4.78, 5) is 20.2. The SMILES string of the molecule is CCn1ncc2c(C(=O)N3CCCC(C(C)N)C3)cc(-c3ccccc3)nc21. The Morgan fingerprint density at radius 3 is 2.82 bits per heavy atom. The van der Waals surface area contributed by atoms with Crippen LogP contribution in [0.5, 0.6) is 0 Å². The molecule has 0 bridgehead atoms. The smallest absolute Gasteiger partial charge is 0.254 e. The molecule has 6 nitrogen and oxygen atoms in total. The maximum absolute atomic E-state index is 13.5. The maximum Gasteiger partial charge on any atom is 0.254 e. The topological polar surface area (TPSA) is 77.0 Å². The Hall–Kier alpha value is -2.73. The first kappa shape index (κ1) is 18.6. The van der Waals surface area contributed by atoms with Crippen LogP contribution in [0.15, 0.2) is 42.6 Å². The Balaban J connectivity index is 1.79. The van der Waals surface area contributed by atoms with E-state index < -0.39 is 0 Å². The molecular formula is C22H27N5O. The molecule has 3 aromatic rings. The molecule has 3 heterocycles. The van der Waals surface area contributed by atoms with Gasteiger partial charge < -0.3 is 10.6 Å². The van der Waals surface area contributed by atoms with Crippen molar-refractivity contribution in [2.45, 2.75) is 39.3 Å². The molecule has 0 aliphatic carbocycles. The van der Waals surface area contributed by atoms with Crippen molar-refractivity contribution < 1.29 is 4.79 Å². The minimum absolute atomic E-state index is 0.0468. The second kappa shape index (κ2) is 7.72. The van der Waals surface area contributed by atoms with Crippen LogP contribution in [0.25, 0.3) is 22.3 Å². The molecule has 1 aromatic carbocycles. The summed E-state index contributed by atoms with van der Waals surface area (Å²) in [6.07, 6.45) is 3.84. The van der Waals surface area contributed by atoms with Crippen molar-refractivity contribution in [1.82, 2.24) is 19.7 Å². The molecule has 146 valence electrons. The first-order valence-corrected chi connectivity index (χ1v) is 10.0. The highest BCUT2D eigenvalue weighted by molar-refractivity contribution is 6.06. The van der Waals surface area contributed by atoms with Crippen LogP contribution in [-0.4, -0.2) is 44.7 Å². The highest BCUT2D eigenvalue weighted by Gasteiger charge is 2.28. The van der Waals surface area contributed by atoms with Crippen LogP contribution in [0, 0.1) is 5.92 Å². The van der Waals surface area contributed by atoms with Crippen LogP contribution in [0.1, 0.15) is 37.0 Å². The molecule has 1 fully saturated rings. The lowest BCUT2D eigenvalue weighted by molar-refractivity contribution is 0.0663. The van der Waals surface area contributed by atoms with Crippen LogP contribution < -0.4 is 5.73 Å². The predicted molar refractivity (Wildman–Crippen MR) is 111 cm³/mol. The zero-order valence-corrected chi connectivity index (χ0v) is 16.5. The average Bonchev–Trinajstić information content (AvgIpc) is 3.16. The predicted octanol–water partition coefficient (Wildman–Crippen LogP) is 3.32. The van der Waals surface area contributed by atoms with Crippen molar-refractivity contribution >= 4 is 16.9 Å². The highest BCUT2D eigenvalue weighted by Crippen LogP contribution is 2.28. The second-order valence-electron chi connectivity index (χ2n) is 7.63. The number of pyridine rings is 1. The van der Waals surface area contributed by atoms with Crippen molar-refractivity contribution in [2.75, 3.05) is 13.1 Å². The van der Waals surface area contributed by atoms with Crippen molar-refractivity contribution in [3.63, 3.8) is 0 Å². The maximum atomic E-state index is 13.5. The quantitative estimate of drug-likeness (QED) is 0.757. The summed E-state index contributed by atoms with van der Waals surface area (Å²) in [6.45, 7) is 6.25. The number of hydrogen-bond acceptors (Lipinski definition) is 4. The van der Waals surface area contributed by atoms with Gasteiger partial charge in [-0.1, -0.05) is 30.3 Å². The van der Waals surface area contributed by atoms with Crippen molar-refractivity contribution in [2.24, 2.45) is 11.7 Å². The van der Waals surface area contributed by atoms with Gasteiger partial charge in [0.1, 0.15) is 0 Å². The summed E-state index contributed by atoms with van der Waals surface area (Å²) in [5, 5.41) is 5.26. The van der Waals surface area contributed by atoms with Crippen LogP contribution in [0.3, 0.4) is 0 Å². The molecule has 1 aliphatic rings. The highest BCUT2D eigenvalue weighted by atomic mass is 16.2. The van der Waals surface area contributed by atoms with E-state index in [1.165, 1.54) is 0 Å². The fourth-order valence-corrected chi connectivity index (χ4v) is 4.01. The molecule has 1 saturated heterocycles. The fraction of sp³-hybridized carbons (Fsp3) is 0.409. The first-order chi connectivity index (χ1) is 13.6. The van der Waals surface area contributed by atoms with E-state index in [-0.39, 0.29) is 11.9 Å². The number of hydrogen-bond donors (Lipinski definition) is 1. The lowest BCUT2D eigenvalue weighted by atomic mass is 9.91. The van der Waals surface area contributed by atoms with Gasteiger partial charge in [0, 0.05) is 31.2 Å². The van der Waals surface area contributed by atoms with E-state index in [9.17, 15) is 4.79 Å². The van der Waals surface area contributed by atoms with E-state index in [4.69, 9.17) is 10.7 Å². The zero-order valence-electron chi connectivity index (χ0n) is 16.5. The van der Waals surface area contributed by atoms with Gasteiger partial charge in [-0.2, -0.15) is 5.10 Å². The third-order valence-electron chi connectivity index (χ3n) is 5.70. The van der Waals surface area contributed by atoms with Gasteiger partial charge in [-0.3, -0.25) is 4.79 Å². The summed E-state index contributed by atoms with van der Waals surface area (Å²) in [5.41, 5.74) is 9.34. The molecule has 28 heavy (non-hydrogen) atoms. The lowest BCUT2D eigenvalue weighted by Gasteiger charge is -2.34. The number of aryl methyl sites for hydroxylation is 1. The standard InChI is InChI=1S/C22H27N5O/c1-3-27-21-19(13-24-27)18(12-20(25-21)16-8-5-4-6-9-16)22(28)26-11-7-10-17(14-26)15(2)23/h4-6,8-9,12-13,15,17H,3,7,10-11,14,23H2,1-2H3. The zero-order chi connectivity index (χ0) is 19.7. The minimum Gasteiger partial charge on any atom is -0.338 e. The Kier molecular flexibility index (Phi) is 5.13. The average molecular weight is 377 g/mol. The van der Waals surface area contributed by atoms with Crippen molar-refractivity contribution in [3.8, 4) is 11.3 Å². The van der Waals surface area contributed by atoms with Crippen molar-refractivity contribution in [1.29, 1.82) is 0 Å². The van der Waals surface area contributed by atoms with E-state index in [0.29, 0.717) is 24.6 Å². The number of nitrogens with two attached hydrogens (primary N) is 1. The molecule has 0 saturated carbocycles. The molecule has 6 heteroatoms. The van der Waals surface area contributed by atoms with E-state index in [1.54, 1.807) is 6.20 Å². The van der Waals surface area contributed by atoms with Gasteiger partial charge in [0.05, 0.1) is 22.8 Å². The Labute approximate surface area is 165 Å². The first-order valence-electron chi connectivity index (χ1n) is 10.0. The molecule has 0 radical (unpaired) electrons. The van der Waals surface area contributed by atoms with Crippen LogP contribution in [0.4, 0.5) is 0 Å². The van der Waals surface area contributed by atoms with Gasteiger partial charge in [-0.25, -0.2) is 9.67 Å². The summed E-state index contributed by atoms with van der Waals surface area (Å²) >= 11 is 0. The minimum atomic E-state index is 0.0468. The van der Waals surface area contributed by atoms with E-state index in [0.717, 1.165) is 41.7 Å². The van der Waals surface area contributed by atoms with Gasteiger partial charge >= 0.3 is 0 Å². The number of nitrogens with zero attached hydrogens (tertiary/aromatic N) is 4. The van der Waals surface area contributed by atoms with Crippen LogP contribution >= 0.6 is 0 Å². The number of likely N-dealkylation sites (tertiary alicyclic amines) is 1. The number of fused-ring (bicyclic) bond motifs is 1. The monoisotopic (exact) mass is 377 g/mol. The van der Waals surface area contributed by atoms with Gasteiger partial charge in [0.15, 0.2) is 5.65 Å². The van der Waals surface area contributed by atoms with Gasteiger partial charge in [-0.05, 0) is 38.7 Å². The summed E-state index contributed by atoms with van der Waals surface area (Å²) < 4.78 is 1.85. The molecule has 1 amide bonds. The Morgan fingerprint density at radius 2 is 2.11 bits per heavy atom. The number of carbonyl (C=O) groups is 1. The Morgan fingerprint density at radius 1 is 1.32 bits per heavy atom. The molecule has 2 N–H and O–H groups in total. The number of rotatable bonds is 4. The summed E-state index contributed by atoms with van der Waals surface area (Å²) in [7, 11) is 0. The number of benzene rings is 1. The number of aromatic nitrogens is 3. The summed E-state index contributed by atoms with van der Waals surface area (Å²) in [5.74, 6) is 0.396. The molecule has 2 unspecified atom stereocenters. The fourth-order valence-electron chi connectivity index (χ4n) is 4.01. The van der Waals surface area contributed by atoms with Crippen molar-refractivity contribution in [3.05, 3.63) is 48.2 Å². The van der Waals surface area contributed by atoms with Crippen LogP contribution in [-0.2, 0) is 6.54 Å². The van der Waals surface area contributed by atoms with E-state index >= 15 is 0 Å². The molecular weight excluding hydrogens is 350 g/mol. The lowest BCUT2D eigenvalue weighted by Crippen LogP contribution is -2.45. The van der Waals surface area contributed by atoms with Gasteiger partial charge in [0.25, 0.3) is 5.91 Å². The van der Waals surface area contributed by atoms with Gasteiger partial charge in [-0.15, -0.1) is 0 Å². The molecule has 0 spiro atoms. The van der Waals surface area contributed by atoms with E-state index in [2.05, 4.69) is 5.10 Å².